The van der Waals surface area contributed by atoms with Gasteiger partial charge in [-0.1, -0.05) is 31.4 Å². The number of hydrogen-bond acceptors (Lipinski definition) is 9. The molecule has 10 nitrogen and oxygen atoms in total. The number of phenols is 1. The summed E-state index contributed by atoms with van der Waals surface area (Å²) in [5.41, 5.74) is 0.114. The number of aromatic hydroxyl groups is 1. The van der Waals surface area contributed by atoms with Crippen molar-refractivity contribution in [2.45, 2.75) is 68.5 Å². The quantitative estimate of drug-likeness (QED) is 0.236. The third-order valence-electron chi connectivity index (χ3n) is 10.6. The zero-order valence-corrected chi connectivity index (χ0v) is 26.7. The molecule has 3 aliphatic heterocycles. The van der Waals surface area contributed by atoms with Crippen molar-refractivity contribution in [2.24, 2.45) is 0 Å². The molecule has 3 fully saturated rings. The van der Waals surface area contributed by atoms with Crippen LogP contribution in [-0.4, -0.2) is 81.8 Å². The summed E-state index contributed by atoms with van der Waals surface area (Å²) in [6, 6.07) is 6.06. The Morgan fingerprint density at radius 1 is 1.23 bits per heavy atom. The van der Waals surface area contributed by atoms with Crippen LogP contribution in [0.1, 0.15) is 68.6 Å². The van der Waals surface area contributed by atoms with E-state index in [1.54, 1.807) is 11.0 Å². The monoisotopic (exact) mass is 641 g/mol. The lowest BCUT2D eigenvalue weighted by molar-refractivity contribution is -0.129. The van der Waals surface area contributed by atoms with Crippen LogP contribution in [0.5, 0.6) is 23.4 Å². The summed E-state index contributed by atoms with van der Waals surface area (Å²) in [5, 5.41) is 15.1. The molecule has 4 heterocycles. The molecule has 2 saturated heterocycles. The number of hydrogen-bond donors (Lipinski definition) is 2. The van der Waals surface area contributed by atoms with Crippen LogP contribution in [0.2, 0.25) is 0 Å². The average Bonchev–Trinajstić information content (AvgIpc) is 3.82. The summed E-state index contributed by atoms with van der Waals surface area (Å²) in [5.74, 6) is 2.64. The molecule has 1 unspecified atom stereocenters. The van der Waals surface area contributed by atoms with Crippen molar-refractivity contribution in [3.8, 4) is 35.7 Å². The molecule has 2 N–H and O–H groups in total. The summed E-state index contributed by atoms with van der Waals surface area (Å²) in [6.07, 6.45) is 14.4. The van der Waals surface area contributed by atoms with E-state index >= 15 is 0 Å². The molecule has 47 heavy (non-hydrogen) atoms. The van der Waals surface area contributed by atoms with E-state index in [9.17, 15) is 14.3 Å². The summed E-state index contributed by atoms with van der Waals surface area (Å²) in [7, 11) is 1.81. The Bertz CT molecular complexity index is 1760. The van der Waals surface area contributed by atoms with Gasteiger partial charge in [0, 0.05) is 24.5 Å². The zero-order chi connectivity index (χ0) is 32.8. The second kappa shape index (κ2) is 12.2. The first kappa shape index (κ1) is 31.1. The largest absolute Gasteiger partial charge is 0.508 e. The highest BCUT2D eigenvalue weighted by Gasteiger charge is 2.45. The van der Waals surface area contributed by atoms with Crippen LogP contribution in [0.15, 0.2) is 36.9 Å². The number of anilines is 1. The van der Waals surface area contributed by atoms with Crippen molar-refractivity contribution in [1.82, 2.24) is 19.8 Å². The Kier molecular flexibility index (Phi) is 8.08. The van der Waals surface area contributed by atoms with Gasteiger partial charge in [0.25, 0.3) is 5.88 Å². The molecule has 1 amide bonds. The maximum Gasteiger partial charge on any atom is 0.322 e. The number of rotatable bonds is 9. The smallest absolute Gasteiger partial charge is 0.322 e. The lowest BCUT2D eigenvalue weighted by Gasteiger charge is -2.39. The highest BCUT2D eigenvalue weighted by molar-refractivity contribution is 5.93. The van der Waals surface area contributed by atoms with Crippen LogP contribution in [0.4, 0.5) is 10.2 Å². The third kappa shape index (κ3) is 5.48. The standard InChI is InChI=1S/C36H40FN5O5/c1-4-25-27(37)11-10-23-18-24(43)19-26(30(23)25)28-20-45-31-32(38-21-35(12-6-7-13-35)41(3)29(44)5-2)39-34(40-33(31)47-28)46-22-36-14-8-16-42(36)17-9-15-36/h1,5,10-11,18-19,28,43H,2,6-9,12-17,20-22H2,3H3,(H,38,39,40). The molecular weight excluding hydrogens is 601 g/mol. The van der Waals surface area contributed by atoms with Crippen LogP contribution in [0.25, 0.3) is 10.8 Å². The maximum absolute atomic E-state index is 14.8. The Morgan fingerprint density at radius 3 is 2.72 bits per heavy atom. The first-order valence-electron chi connectivity index (χ1n) is 16.4. The predicted molar refractivity (Wildman–Crippen MR) is 175 cm³/mol. The van der Waals surface area contributed by atoms with Crippen LogP contribution in [0.3, 0.4) is 0 Å². The molecule has 1 saturated carbocycles. The number of terminal acetylenes is 1. The molecule has 246 valence electrons. The number of halogens is 1. The minimum atomic E-state index is -0.766. The van der Waals surface area contributed by atoms with Crippen molar-refractivity contribution in [3.05, 3.63) is 53.9 Å². The van der Waals surface area contributed by atoms with Gasteiger partial charge < -0.3 is 29.5 Å². The van der Waals surface area contributed by atoms with Crippen LogP contribution in [-0.2, 0) is 4.79 Å². The van der Waals surface area contributed by atoms with E-state index < -0.39 is 17.5 Å². The van der Waals surface area contributed by atoms with E-state index in [1.807, 2.05) is 7.05 Å². The number of carbonyl (C=O) groups excluding carboxylic acids is 1. The second-order valence-corrected chi connectivity index (χ2v) is 13.2. The fourth-order valence-electron chi connectivity index (χ4n) is 8.08. The van der Waals surface area contributed by atoms with Crippen molar-refractivity contribution >= 4 is 22.5 Å². The molecule has 2 aromatic carbocycles. The number of fused-ring (bicyclic) bond motifs is 3. The van der Waals surface area contributed by atoms with Gasteiger partial charge in [0.1, 0.15) is 24.8 Å². The molecular formula is C36H40FN5O5. The zero-order valence-electron chi connectivity index (χ0n) is 26.7. The van der Waals surface area contributed by atoms with E-state index in [4.69, 9.17) is 25.6 Å². The van der Waals surface area contributed by atoms with Crippen molar-refractivity contribution < 1.29 is 28.5 Å². The highest BCUT2D eigenvalue weighted by atomic mass is 19.1. The van der Waals surface area contributed by atoms with Gasteiger partial charge in [0.2, 0.25) is 11.7 Å². The lowest BCUT2D eigenvalue weighted by Crippen LogP contribution is -2.51. The van der Waals surface area contributed by atoms with Crippen LogP contribution < -0.4 is 19.5 Å². The topological polar surface area (TPSA) is 109 Å². The van der Waals surface area contributed by atoms with Gasteiger partial charge in [-0.05, 0) is 81.3 Å². The number of phenolic OH excluding ortho intramolecular Hbond substituents is 1. The van der Waals surface area contributed by atoms with E-state index in [2.05, 4.69) is 27.7 Å². The molecule has 0 bridgehead atoms. The molecule has 1 aliphatic carbocycles. The summed E-state index contributed by atoms with van der Waals surface area (Å²) in [4.78, 5) is 26.4. The number of nitrogens with zero attached hydrogens (tertiary/aromatic N) is 4. The molecule has 0 radical (unpaired) electrons. The minimum absolute atomic E-state index is 0.0115. The van der Waals surface area contributed by atoms with Gasteiger partial charge in [-0.15, -0.1) is 6.42 Å². The third-order valence-corrected chi connectivity index (χ3v) is 10.6. The number of aromatic nitrogens is 2. The van der Waals surface area contributed by atoms with Gasteiger partial charge in [-0.3, -0.25) is 9.69 Å². The molecule has 11 heteroatoms. The molecule has 0 spiro atoms. The average molecular weight is 642 g/mol. The minimum Gasteiger partial charge on any atom is -0.508 e. The maximum atomic E-state index is 14.8. The van der Waals surface area contributed by atoms with Gasteiger partial charge in [-0.25, -0.2) is 4.39 Å². The highest BCUT2D eigenvalue weighted by Crippen LogP contribution is 2.45. The van der Waals surface area contributed by atoms with Crippen LogP contribution in [0, 0.1) is 18.2 Å². The molecule has 1 atom stereocenters. The van der Waals surface area contributed by atoms with Crippen molar-refractivity contribution in [2.75, 3.05) is 45.2 Å². The number of likely N-dealkylation sites (N-methyl/N-ethyl adjacent to an activating group) is 1. The van der Waals surface area contributed by atoms with Gasteiger partial charge >= 0.3 is 6.01 Å². The molecule has 7 rings (SSSR count). The lowest BCUT2D eigenvalue weighted by atomic mass is 9.95. The normalized spacial score (nSPS) is 20.8. The fourth-order valence-corrected chi connectivity index (χ4v) is 8.08. The number of ether oxygens (including phenoxy) is 3. The predicted octanol–water partition coefficient (Wildman–Crippen LogP) is 5.34. The van der Waals surface area contributed by atoms with E-state index in [0.717, 1.165) is 64.5 Å². The summed E-state index contributed by atoms with van der Waals surface area (Å²) in [6.45, 7) is 6.73. The first-order valence-corrected chi connectivity index (χ1v) is 16.4. The van der Waals surface area contributed by atoms with E-state index in [-0.39, 0.29) is 41.3 Å². The van der Waals surface area contributed by atoms with Crippen molar-refractivity contribution in [1.29, 1.82) is 0 Å². The Balaban J connectivity index is 1.24. The summed E-state index contributed by atoms with van der Waals surface area (Å²) < 4.78 is 34.0. The Labute approximate surface area is 273 Å². The van der Waals surface area contributed by atoms with Crippen LogP contribution >= 0.6 is 0 Å². The second-order valence-electron chi connectivity index (χ2n) is 13.2. The Hall–Kier alpha value is -4.56. The number of nitrogens with one attached hydrogen (secondary N) is 1. The number of benzene rings is 2. The summed E-state index contributed by atoms with van der Waals surface area (Å²) >= 11 is 0. The first-order chi connectivity index (χ1) is 22.8. The molecule has 1 aromatic heterocycles. The fraction of sp³-hybridized carbons (Fsp3) is 0.472. The molecule has 3 aromatic rings. The number of carbonyl (C=O) groups is 1. The van der Waals surface area contributed by atoms with Gasteiger partial charge in [-0.2, -0.15) is 9.97 Å². The number of amides is 1. The molecule has 4 aliphatic rings. The SMILES string of the molecule is C#Cc1c(F)ccc2cc(O)cc(C3COc4c(NCC5(N(C)C(=O)C=C)CCCC5)nc(OCC56CCCN5CCC6)nc4O3)c12. The van der Waals surface area contributed by atoms with E-state index in [1.165, 1.54) is 24.3 Å². The van der Waals surface area contributed by atoms with E-state index in [0.29, 0.717) is 41.1 Å². The van der Waals surface area contributed by atoms with Gasteiger partial charge in [0.15, 0.2) is 11.9 Å². The van der Waals surface area contributed by atoms with Crippen molar-refractivity contribution in [3.63, 3.8) is 0 Å². The van der Waals surface area contributed by atoms with Gasteiger partial charge in [0.05, 0.1) is 16.6 Å². The Morgan fingerprint density at radius 2 is 2.00 bits per heavy atom.